The largest absolute Gasteiger partial charge is 0.392 e. The topological polar surface area (TPSA) is 60.7 Å². The molecule has 1 aliphatic carbocycles. The van der Waals surface area contributed by atoms with E-state index in [1.54, 1.807) is 6.08 Å². The first kappa shape index (κ1) is 9.19. The molecule has 4 heteroatoms. The molecule has 1 aliphatic rings. The lowest BCUT2D eigenvalue weighted by molar-refractivity contribution is 0.0304. The van der Waals surface area contributed by atoms with Crippen LogP contribution in [0.5, 0.6) is 0 Å². The summed E-state index contributed by atoms with van der Waals surface area (Å²) in [6.07, 6.45) is 0.0587. The van der Waals surface area contributed by atoms with Gasteiger partial charge >= 0.3 is 0 Å². The lowest BCUT2D eigenvalue weighted by Gasteiger charge is -2.14. The normalized spacial score (nSPS) is 37.5. The molecular weight excluding hydrogens is 212 g/mol. The predicted octanol–water partition coefficient (Wildman–Crippen LogP) is -0.348. The van der Waals surface area contributed by atoms with Crippen LogP contribution >= 0.6 is 15.9 Å². The third kappa shape index (κ3) is 1.64. The smallest absolute Gasteiger partial charge is 0.104 e. The van der Waals surface area contributed by atoms with Crippen molar-refractivity contribution >= 4 is 15.9 Å². The predicted molar refractivity (Wildman–Crippen MR) is 44.5 cm³/mol. The highest BCUT2D eigenvalue weighted by Crippen LogP contribution is 2.26. The van der Waals surface area contributed by atoms with Crippen LogP contribution in [0.2, 0.25) is 0 Å². The van der Waals surface area contributed by atoms with Crippen LogP contribution in [0.25, 0.3) is 0 Å². The van der Waals surface area contributed by atoms with Crippen LogP contribution in [0.4, 0.5) is 0 Å². The van der Waals surface area contributed by atoms with E-state index in [9.17, 15) is 10.2 Å². The van der Waals surface area contributed by atoms with E-state index in [0.29, 0.717) is 10.9 Å². The Balaban J connectivity index is 2.68. The molecule has 0 spiro atoms. The molecule has 3 atom stereocenters. The molecule has 0 radical (unpaired) electrons. The molecule has 0 bridgehead atoms. The van der Waals surface area contributed by atoms with Crippen molar-refractivity contribution < 1.29 is 15.3 Å². The number of aliphatic hydroxyl groups is 3. The fourth-order valence-electron chi connectivity index (χ4n) is 1.21. The number of hydrogen-bond acceptors (Lipinski definition) is 3. The summed E-state index contributed by atoms with van der Waals surface area (Å²) in [6.45, 7) is -0.179. The average molecular weight is 223 g/mol. The minimum absolute atomic E-state index is 0.0767. The lowest BCUT2D eigenvalue weighted by atomic mass is 10.1. The van der Waals surface area contributed by atoms with Gasteiger partial charge in [-0.25, -0.2) is 0 Å². The fourth-order valence-corrected chi connectivity index (χ4v) is 1.78. The first-order chi connectivity index (χ1) is 5.20. The summed E-state index contributed by atoms with van der Waals surface area (Å²) in [5.41, 5.74) is 0.516. The zero-order valence-corrected chi connectivity index (χ0v) is 7.53. The highest BCUT2D eigenvalue weighted by Gasteiger charge is 2.32. The Morgan fingerprint density at radius 3 is 2.36 bits per heavy atom. The Morgan fingerprint density at radius 1 is 1.45 bits per heavy atom. The Labute approximate surface area is 73.5 Å². The molecule has 0 amide bonds. The summed E-state index contributed by atoms with van der Waals surface area (Å²) in [4.78, 5) is 0. The minimum Gasteiger partial charge on any atom is -0.392 e. The number of hydrogen-bond donors (Lipinski definition) is 3. The van der Waals surface area contributed by atoms with Crippen LogP contribution in [-0.4, -0.2) is 39.5 Å². The lowest BCUT2D eigenvalue weighted by Crippen LogP contribution is -2.29. The molecule has 0 aromatic carbocycles. The van der Waals surface area contributed by atoms with Gasteiger partial charge in [0, 0.05) is 11.2 Å². The van der Waals surface area contributed by atoms with Crippen molar-refractivity contribution in [3.05, 3.63) is 11.6 Å². The number of rotatable bonds is 2. The van der Waals surface area contributed by atoms with Crippen LogP contribution in [0.1, 0.15) is 0 Å². The molecule has 1 rings (SSSR count). The Hall–Kier alpha value is 0.1000. The van der Waals surface area contributed by atoms with Crippen molar-refractivity contribution in [3.8, 4) is 0 Å². The Morgan fingerprint density at radius 2 is 2.09 bits per heavy atom. The molecule has 0 aromatic heterocycles. The molecule has 0 aromatic rings. The summed E-state index contributed by atoms with van der Waals surface area (Å²) in [5.74, 6) is -0.0767. The van der Waals surface area contributed by atoms with Gasteiger partial charge in [-0.05, 0) is 5.57 Å². The van der Waals surface area contributed by atoms with Gasteiger partial charge in [0.15, 0.2) is 0 Å². The monoisotopic (exact) mass is 222 g/mol. The van der Waals surface area contributed by atoms with Crippen molar-refractivity contribution in [2.75, 3.05) is 11.9 Å². The summed E-state index contributed by atoms with van der Waals surface area (Å²) in [5, 5.41) is 27.9. The quantitative estimate of drug-likeness (QED) is 0.443. The first-order valence-electron chi connectivity index (χ1n) is 3.44. The minimum atomic E-state index is -0.887. The molecule has 11 heavy (non-hydrogen) atoms. The van der Waals surface area contributed by atoms with E-state index < -0.39 is 12.2 Å². The summed E-state index contributed by atoms with van der Waals surface area (Å²) < 4.78 is 0. The molecule has 64 valence electrons. The first-order valence-corrected chi connectivity index (χ1v) is 4.56. The summed E-state index contributed by atoms with van der Waals surface area (Å²) >= 11 is 3.20. The average Bonchev–Trinajstić information content (AvgIpc) is 2.30. The second kappa shape index (κ2) is 3.67. The molecule has 0 fully saturated rings. The number of halogens is 1. The maximum Gasteiger partial charge on any atom is 0.104 e. The molecule has 3 unspecified atom stereocenters. The van der Waals surface area contributed by atoms with Crippen molar-refractivity contribution in [2.45, 2.75) is 12.2 Å². The van der Waals surface area contributed by atoms with E-state index in [4.69, 9.17) is 5.11 Å². The van der Waals surface area contributed by atoms with Gasteiger partial charge in [0.25, 0.3) is 0 Å². The summed E-state index contributed by atoms with van der Waals surface area (Å²) in [7, 11) is 0. The van der Waals surface area contributed by atoms with Gasteiger partial charge in [0.1, 0.15) is 6.10 Å². The van der Waals surface area contributed by atoms with E-state index in [1.165, 1.54) is 0 Å². The van der Waals surface area contributed by atoms with Gasteiger partial charge in [0.2, 0.25) is 0 Å². The Bertz CT molecular complexity index is 169. The van der Waals surface area contributed by atoms with Crippen molar-refractivity contribution in [1.82, 2.24) is 0 Å². The van der Waals surface area contributed by atoms with Crippen LogP contribution in [0.15, 0.2) is 11.6 Å². The molecule has 0 aliphatic heterocycles. The zero-order valence-electron chi connectivity index (χ0n) is 5.94. The fraction of sp³-hybridized carbons (Fsp3) is 0.714. The standard InChI is InChI=1S/C7H11BrO3/c8-2-4-1-5(3-9)7(11)6(4)10/h1,4,6-7,9-11H,2-3H2. The van der Waals surface area contributed by atoms with Crippen molar-refractivity contribution in [1.29, 1.82) is 0 Å². The van der Waals surface area contributed by atoms with Crippen LogP contribution in [-0.2, 0) is 0 Å². The second-order valence-corrected chi connectivity index (χ2v) is 3.30. The van der Waals surface area contributed by atoms with Gasteiger partial charge in [-0.3, -0.25) is 0 Å². The van der Waals surface area contributed by atoms with Crippen LogP contribution in [0, 0.1) is 5.92 Å². The highest BCUT2D eigenvalue weighted by molar-refractivity contribution is 9.09. The van der Waals surface area contributed by atoms with Crippen molar-refractivity contribution in [2.24, 2.45) is 5.92 Å². The maximum absolute atomic E-state index is 9.32. The molecular formula is C7H11BrO3. The van der Waals surface area contributed by atoms with Gasteiger partial charge in [0.05, 0.1) is 12.7 Å². The SMILES string of the molecule is OCC1=CC(CBr)C(O)C1O. The molecule has 3 N–H and O–H groups in total. The molecule has 0 saturated carbocycles. The van der Waals surface area contributed by atoms with E-state index in [2.05, 4.69) is 15.9 Å². The van der Waals surface area contributed by atoms with E-state index in [0.717, 1.165) is 0 Å². The van der Waals surface area contributed by atoms with Crippen LogP contribution < -0.4 is 0 Å². The molecule has 0 saturated heterocycles. The maximum atomic E-state index is 9.32. The Kier molecular flexibility index (Phi) is 3.06. The summed E-state index contributed by atoms with van der Waals surface area (Å²) in [6, 6.07) is 0. The van der Waals surface area contributed by atoms with E-state index >= 15 is 0 Å². The van der Waals surface area contributed by atoms with Crippen LogP contribution in [0.3, 0.4) is 0 Å². The third-order valence-corrected chi connectivity index (χ3v) is 2.68. The van der Waals surface area contributed by atoms with Gasteiger partial charge in [-0.15, -0.1) is 0 Å². The second-order valence-electron chi connectivity index (χ2n) is 2.65. The third-order valence-electron chi connectivity index (χ3n) is 1.93. The van der Waals surface area contributed by atoms with Gasteiger partial charge < -0.3 is 15.3 Å². The molecule has 0 heterocycles. The van der Waals surface area contributed by atoms with Crippen molar-refractivity contribution in [3.63, 3.8) is 0 Å². The van der Waals surface area contributed by atoms with E-state index in [1.807, 2.05) is 0 Å². The number of alkyl halides is 1. The number of aliphatic hydroxyl groups excluding tert-OH is 3. The zero-order chi connectivity index (χ0) is 8.43. The van der Waals surface area contributed by atoms with Gasteiger partial charge in [-0.2, -0.15) is 0 Å². The van der Waals surface area contributed by atoms with Gasteiger partial charge in [-0.1, -0.05) is 22.0 Å². The molecule has 3 nitrogen and oxygen atoms in total. The van der Waals surface area contributed by atoms with E-state index in [-0.39, 0.29) is 12.5 Å². The highest BCUT2D eigenvalue weighted by atomic mass is 79.9.